The second-order valence-corrected chi connectivity index (χ2v) is 3.04. The van der Waals surface area contributed by atoms with Gasteiger partial charge in [0.25, 0.3) is 0 Å². The fourth-order valence-electron chi connectivity index (χ4n) is 1.42. The van der Waals surface area contributed by atoms with Gasteiger partial charge in [-0.25, -0.2) is 0 Å². The van der Waals surface area contributed by atoms with Gasteiger partial charge in [-0.1, -0.05) is 33.8 Å². The molecule has 16 heavy (non-hydrogen) atoms. The van der Waals surface area contributed by atoms with Crippen molar-refractivity contribution >= 4 is 16.7 Å². The summed E-state index contributed by atoms with van der Waals surface area (Å²) in [4.78, 5) is 0. The summed E-state index contributed by atoms with van der Waals surface area (Å²) in [6.07, 6.45) is 0. The minimum atomic E-state index is 0.589. The van der Waals surface area contributed by atoms with Gasteiger partial charge in [-0.2, -0.15) is 5.10 Å². The van der Waals surface area contributed by atoms with Crippen LogP contribution in [-0.4, -0.2) is 10.2 Å². The zero-order valence-electron chi connectivity index (χ0n) is 11.2. The monoisotopic (exact) mass is 221 g/mol. The van der Waals surface area contributed by atoms with Gasteiger partial charge in [-0.05, 0) is 31.0 Å². The molecule has 0 saturated carbocycles. The van der Waals surface area contributed by atoms with Crippen molar-refractivity contribution in [1.82, 2.24) is 10.2 Å². The number of H-pyrrole nitrogens is 1. The van der Waals surface area contributed by atoms with E-state index in [2.05, 4.69) is 30.1 Å². The second-order valence-electron chi connectivity index (χ2n) is 3.04. The fraction of sp³-hybridized carbons (Fsp3) is 0.462. The minimum Gasteiger partial charge on any atom is -0.382 e. The Kier molecular flexibility index (Phi) is 6.23. The van der Waals surface area contributed by atoms with Crippen molar-refractivity contribution in [2.75, 3.05) is 5.73 Å². The number of benzene rings is 1. The standard InChI is InChI=1S/C9H11N3.2C2H6/c1-5-3-4-7-8(6(5)2)9(10)12-11-7;2*1-2/h3-4H,1-2H3,(H3,10,11,12);2*1-2H3. The maximum Gasteiger partial charge on any atom is 0.153 e. The third kappa shape index (κ3) is 2.75. The molecule has 1 heterocycles. The first-order valence-electron chi connectivity index (χ1n) is 5.90. The predicted molar refractivity (Wildman–Crippen MR) is 72.7 cm³/mol. The third-order valence-corrected chi connectivity index (χ3v) is 2.29. The number of aryl methyl sites for hydroxylation is 2. The normalized spacial score (nSPS) is 8.88. The van der Waals surface area contributed by atoms with Crippen molar-refractivity contribution in [2.45, 2.75) is 41.5 Å². The lowest BCUT2D eigenvalue weighted by atomic mass is 10.1. The summed E-state index contributed by atoms with van der Waals surface area (Å²) in [5, 5.41) is 7.88. The zero-order valence-corrected chi connectivity index (χ0v) is 11.2. The molecule has 3 heteroatoms. The van der Waals surface area contributed by atoms with Gasteiger partial charge >= 0.3 is 0 Å². The van der Waals surface area contributed by atoms with E-state index in [0.717, 1.165) is 10.9 Å². The van der Waals surface area contributed by atoms with Crippen molar-refractivity contribution in [1.29, 1.82) is 0 Å². The average Bonchev–Trinajstić information content (AvgIpc) is 2.72. The quantitative estimate of drug-likeness (QED) is 0.710. The summed E-state index contributed by atoms with van der Waals surface area (Å²) in [7, 11) is 0. The zero-order chi connectivity index (χ0) is 12.7. The van der Waals surface area contributed by atoms with E-state index >= 15 is 0 Å². The highest BCUT2D eigenvalue weighted by atomic mass is 15.1. The van der Waals surface area contributed by atoms with Crippen LogP contribution >= 0.6 is 0 Å². The SMILES string of the molecule is CC.CC.Cc1ccc2[nH]nc(N)c2c1C. The molecule has 0 atom stereocenters. The van der Waals surface area contributed by atoms with Gasteiger partial charge in [0.1, 0.15) is 0 Å². The molecule has 0 unspecified atom stereocenters. The molecule has 1 aromatic carbocycles. The van der Waals surface area contributed by atoms with Gasteiger partial charge in [-0.15, -0.1) is 0 Å². The molecule has 3 N–H and O–H groups in total. The number of rotatable bonds is 0. The van der Waals surface area contributed by atoms with E-state index in [1.807, 2.05) is 33.8 Å². The van der Waals surface area contributed by atoms with Gasteiger partial charge in [0.2, 0.25) is 0 Å². The van der Waals surface area contributed by atoms with Crippen molar-refractivity contribution < 1.29 is 0 Å². The van der Waals surface area contributed by atoms with Gasteiger partial charge in [0, 0.05) is 5.39 Å². The molecule has 3 nitrogen and oxygen atoms in total. The maximum atomic E-state index is 5.70. The Morgan fingerprint density at radius 3 is 2.19 bits per heavy atom. The highest BCUT2D eigenvalue weighted by Crippen LogP contribution is 2.23. The molecule has 0 spiro atoms. The number of fused-ring (bicyclic) bond motifs is 1. The van der Waals surface area contributed by atoms with Crippen LogP contribution < -0.4 is 5.73 Å². The van der Waals surface area contributed by atoms with Gasteiger partial charge in [0.15, 0.2) is 5.82 Å². The lowest BCUT2D eigenvalue weighted by molar-refractivity contribution is 1.13. The molecule has 0 radical (unpaired) electrons. The summed E-state index contributed by atoms with van der Waals surface area (Å²) in [6.45, 7) is 12.1. The van der Waals surface area contributed by atoms with E-state index in [4.69, 9.17) is 5.73 Å². The largest absolute Gasteiger partial charge is 0.382 e. The molecule has 0 aliphatic carbocycles. The van der Waals surface area contributed by atoms with E-state index in [9.17, 15) is 0 Å². The first kappa shape index (κ1) is 14.5. The lowest BCUT2D eigenvalue weighted by Gasteiger charge is -2.00. The Labute approximate surface area is 98.1 Å². The van der Waals surface area contributed by atoms with Crippen LogP contribution in [0, 0.1) is 13.8 Å². The number of hydrogen-bond acceptors (Lipinski definition) is 2. The molecule has 2 aromatic rings. The molecule has 0 aliphatic rings. The van der Waals surface area contributed by atoms with Crippen LogP contribution in [0.25, 0.3) is 10.9 Å². The van der Waals surface area contributed by atoms with Crippen molar-refractivity contribution in [3.05, 3.63) is 23.3 Å². The van der Waals surface area contributed by atoms with Crippen molar-refractivity contribution in [3.8, 4) is 0 Å². The summed E-state index contributed by atoms with van der Waals surface area (Å²) >= 11 is 0. The molecule has 0 bridgehead atoms. The van der Waals surface area contributed by atoms with Crippen LogP contribution in [0.3, 0.4) is 0 Å². The van der Waals surface area contributed by atoms with E-state index in [1.165, 1.54) is 11.1 Å². The molecule has 0 aliphatic heterocycles. The number of nitrogens with two attached hydrogens (primary N) is 1. The Morgan fingerprint density at radius 1 is 1.06 bits per heavy atom. The highest BCUT2D eigenvalue weighted by Gasteiger charge is 2.05. The number of hydrogen-bond donors (Lipinski definition) is 2. The Morgan fingerprint density at radius 2 is 1.62 bits per heavy atom. The number of aromatic nitrogens is 2. The van der Waals surface area contributed by atoms with E-state index < -0.39 is 0 Å². The molecular formula is C13H23N3. The smallest absolute Gasteiger partial charge is 0.153 e. The molecule has 0 saturated heterocycles. The number of nitrogens with zero attached hydrogens (tertiary/aromatic N) is 1. The molecule has 0 amide bonds. The van der Waals surface area contributed by atoms with Crippen LogP contribution in [0.15, 0.2) is 12.1 Å². The molecule has 2 rings (SSSR count). The Hall–Kier alpha value is -1.51. The van der Waals surface area contributed by atoms with Gasteiger partial charge in [0.05, 0.1) is 5.52 Å². The number of nitrogens with one attached hydrogen (secondary N) is 1. The molecule has 90 valence electrons. The van der Waals surface area contributed by atoms with E-state index in [1.54, 1.807) is 0 Å². The summed E-state index contributed by atoms with van der Waals surface area (Å²) < 4.78 is 0. The summed E-state index contributed by atoms with van der Waals surface area (Å²) in [6, 6.07) is 4.07. The molecular weight excluding hydrogens is 198 g/mol. The molecule has 1 aromatic heterocycles. The third-order valence-electron chi connectivity index (χ3n) is 2.29. The van der Waals surface area contributed by atoms with Crippen LogP contribution in [0.1, 0.15) is 38.8 Å². The number of anilines is 1. The first-order valence-corrected chi connectivity index (χ1v) is 5.90. The first-order chi connectivity index (χ1) is 7.70. The van der Waals surface area contributed by atoms with E-state index in [-0.39, 0.29) is 0 Å². The Balaban J connectivity index is 0.000000509. The topological polar surface area (TPSA) is 54.7 Å². The van der Waals surface area contributed by atoms with Crippen molar-refractivity contribution in [2.24, 2.45) is 0 Å². The Bertz CT molecular complexity index is 430. The summed E-state index contributed by atoms with van der Waals surface area (Å²) in [5.41, 5.74) is 9.17. The van der Waals surface area contributed by atoms with Gasteiger partial charge in [-0.3, -0.25) is 5.10 Å². The number of aromatic amines is 1. The maximum absolute atomic E-state index is 5.70. The lowest BCUT2D eigenvalue weighted by Crippen LogP contribution is -1.87. The predicted octanol–water partition coefficient (Wildman–Crippen LogP) is 3.81. The molecule has 0 fully saturated rings. The highest BCUT2D eigenvalue weighted by molar-refractivity contribution is 5.92. The van der Waals surface area contributed by atoms with Crippen molar-refractivity contribution in [3.63, 3.8) is 0 Å². The van der Waals surface area contributed by atoms with E-state index in [0.29, 0.717) is 5.82 Å². The number of nitrogen functional groups attached to an aromatic ring is 1. The van der Waals surface area contributed by atoms with Crippen LogP contribution in [0.2, 0.25) is 0 Å². The van der Waals surface area contributed by atoms with Crippen LogP contribution in [-0.2, 0) is 0 Å². The summed E-state index contributed by atoms with van der Waals surface area (Å²) in [5.74, 6) is 0.589. The van der Waals surface area contributed by atoms with Crippen LogP contribution in [0.4, 0.5) is 5.82 Å². The van der Waals surface area contributed by atoms with Gasteiger partial charge < -0.3 is 5.73 Å². The fourth-order valence-corrected chi connectivity index (χ4v) is 1.42. The second kappa shape index (κ2) is 6.88. The van der Waals surface area contributed by atoms with Crippen LogP contribution in [0.5, 0.6) is 0 Å². The average molecular weight is 221 g/mol. The minimum absolute atomic E-state index is 0.589.